The van der Waals surface area contributed by atoms with Gasteiger partial charge in [-0.2, -0.15) is 5.10 Å². The zero-order valence-corrected chi connectivity index (χ0v) is 14.7. The maximum absolute atomic E-state index is 12.2. The Labute approximate surface area is 143 Å². The molecule has 0 bridgehead atoms. The number of anilines is 1. The Bertz CT molecular complexity index is 763. The second-order valence-corrected chi connectivity index (χ2v) is 6.60. The second kappa shape index (κ2) is 7.39. The number of nitrogens with one attached hydrogen (secondary N) is 1. The minimum Gasteiger partial charge on any atom is -0.448 e. The molecular formula is C16H19N3O4S. The van der Waals surface area contributed by atoms with Crippen LogP contribution in [-0.2, 0) is 9.53 Å². The smallest absolute Gasteiger partial charge is 0.349 e. The molecule has 0 aliphatic rings. The highest BCUT2D eigenvalue weighted by Crippen LogP contribution is 2.19. The third-order valence-corrected chi connectivity index (χ3v) is 4.38. The number of esters is 1. The first kappa shape index (κ1) is 17.9. The van der Waals surface area contributed by atoms with Crippen molar-refractivity contribution in [2.75, 3.05) is 5.32 Å². The zero-order valence-electron chi connectivity index (χ0n) is 13.9. The average Bonchev–Trinajstić information content (AvgIpc) is 3.15. The van der Waals surface area contributed by atoms with E-state index >= 15 is 0 Å². The Hall–Kier alpha value is -2.48. The van der Waals surface area contributed by atoms with Crippen LogP contribution in [0.1, 0.15) is 53.1 Å². The number of hydrogen-bond acceptors (Lipinski definition) is 6. The molecule has 0 aliphatic heterocycles. The highest BCUT2D eigenvalue weighted by Gasteiger charge is 2.22. The Kier molecular flexibility index (Phi) is 5.50. The molecule has 0 aromatic carbocycles. The quantitative estimate of drug-likeness (QED) is 0.640. The maximum Gasteiger partial charge on any atom is 0.349 e. The molecule has 1 unspecified atom stereocenters. The minimum absolute atomic E-state index is 0.0873. The lowest BCUT2D eigenvalue weighted by molar-refractivity contribution is -0.123. The lowest BCUT2D eigenvalue weighted by atomic mass is 10.3. The van der Waals surface area contributed by atoms with Crippen molar-refractivity contribution in [1.82, 2.24) is 9.78 Å². The molecule has 1 amide bonds. The van der Waals surface area contributed by atoms with Crippen LogP contribution in [0.2, 0.25) is 0 Å². The van der Waals surface area contributed by atoms with Gasteiger partial charge in [0.1, 0.15) is 10.7 Å². The molecule has 0 spiro atoms. The molecule has 2 heterocycles. The SMILES string of the molecule is CC(=O)c1ccc(C(=O)OC(C)C(=O)Nc2ccnn2C(C)C)s1. The predicted molar refractivity (Wildman–Crippen MR) is 90.4 cm³/mol. The summed E-state index contributed by atoms with van der Waals surface area (Å²) >= 11 is 1.04. The van der Waals surface area contributed by atoms with Gasteiger partial charge in [0.05, 0.1) is 11.1 Å². The van der Waals surface area contributed by atoms with Gasteiger partial charge >= 0.3 is 5.97 Å². The number of aromatic nitrogens is 2. The number of carbonyl (C=O) groups excluding carboxylic acids is 3. The fourth-order valence-corrected chi connectivity index (χ4v) is 2.75. The van der Waals surface area contributed by atoms with Gasteiger partial charge in [-0.1, -0.05) is 0 Å². The normalized spacial score (nSPS) is 12.0. The van der Waals surface area contributed by atoms with Crippen molar-refractivity contribution >= 4 is 34.8 Å². The average molecular weight is 349 g/mol. The molecule has 8 heteroatoms. The number of rotatable bonds is 6. The van der Waals surface area contributed by atoms with Crippen molar-refractivity contribution in [3.8, 4) is 0 Å². The van der Waals surface area contributed by atoms with E-state index in [1.54, 1.807) is 23.0 Å². The number of carbonyl (C=O) groups is 3. The number of amides is 1. The van der Waals surface area contributed by atoms with E-state index in [1.165, 1.54) is 19.9 Å². The zero-order chi connectivity index (χ0) is 17.9. The molecule has 7 nitrogen and oxygen atoms in total. The van der Waals surface area contributed by atoms with Crippen molar-refractivity contribution in [3.63, 3.8) is 0 Å². The standard InChI is InChI=1S/C16H19N3O4S/c1-9(2)19-14(7-8-17-19)18-15(21)11(4)23-16(22)13-6-5-12(24-13)10(3)20/h5-9,11H,1-4H3,(H,18,21). The van der Waals surface area contributed by atoms with Crippen LogP contribution in [0.25, 0.3) is 0 Å². The van der Waals surface area contributed by atoms with E-state index in [1.807, 2.05) is 13.8 Å². The number of ether oxygens (including phenoxy) is 1. The van der Waals surface area contributed by atoms with Crippen LogP contribution in [0.4, 0.5) is 5.82 Å². The summed E-state index contributed by atoms with van der Waals surface area (Å²) in [5.41, 5.74) is 0. The summed E-state index contributed by atoms with van der Waals surface area (Å²) < 4.78 is 6.82. The van der Waals surface area contributed by atoms with Crippen LogP contribution in [0.5, 0.6) is 0 Å². The van der Waals surface area contributed by atoms with Gasteiger partial charge in [-0.05, 0) is 39.8 Å². The molecule has 1 atom stereocenters. The van der Waals surface area contributed by atoms with Crippen LogP contribution in [0, 0.1) is 0 Å². The van der Waals surface area contributed by atoms with Gasteiger partial charge in [-0.3, -0.25) is 9.59 Å². The molecule has 2 aromatic heterocycles. The molecule has 0 aliphatic carbocycles. The molecule has 24 heavy (non-hydrogen) atoms. The van der Waals surface area contributed by atoms with Gasteiger partial charge < -0.3 is 10.1 Å². The van der Waals surface area contributed by atoms with E-state index in [9.17, 15) is 14.4 Å². The van der Waals surface area contributed by atoms with Crippen molar-refractivity contribution in [1.29, 1.82) is 0 Å². The molecule has 2 rings (SSSR count). The summed E-state index contributed by atoms with van der Waals surface area (Å²) in [6, 6.07) is 4.84. The molecule has 2 aromatic rings. The minimum atomic E-state index is -0.976. The van der Waals surface area contributed by atoms with E-state index in [0.29, 0.717) is 10.7 Å². The van der Waals surface area contributed by atoms with E-state index < -0.39 is 18.0 Å². The van der Waals surface area contributed by atoms with Gasteiger partial charge in [-0.25, -0.2) is 9.48 Å². The number of hydrogen-bond donors (Lipinski definition) is 1. The van der Waals surface area contributed by atoms with Crippen molar-refractivity contribution in [3.05, 3.63) is 34.2 Å². The predicted octanol–water partition coefficient (Wildman–Crippen LogP) is 2.91. The molecular weight excluding hydrogens is 330 g/mol. The van der Waals surface area contributed by atoms with Crippen LogP contribution >= 0.6 is 11.3 Å². The number of nitrogens with zero attached hydrogens (tertiary/aromatic N) is 2. The van der Waals surface area contributed by atoms with Crippen molar-refractivity contribution < 1.29 is 19.1 Å². The lowest BCUT2D eigenvalue weighted by Gasteiger charge is -2.15. The first-order valence-electron chi connectivity index (χ1n) is 7.45. The summed E-state index contributed by atoms with van der Waals surface area (Å²) in [5, 5.41) is 6.81. The highest BCUT2D eigenvalue weighted by atomic mass is 32.1. The summed E-state index contributed by atoms with van der Waals surface area (Å²) in [5.74, 6) is -0.665. The number of ketones is 1. The summed E-state index contributed by atoms with van der Waals surface area (Å²) in [6.45, 7) is 6.79. The molecule has 128 valence electrons. The molecule has 0 saturated heterocycles. The third-order valence-electron chi connectivity index (χ3n) is 3.22. The Morgan fingerprint density at radius 1 is 1.17 bits per heavy atom. The molecule has 0 saturated carbocycles. The van der Waals surface area contributed by atoms with Gasteiger partial charge in [0.15, 0.2) is 11.9 Å². The second-order valence-electron chi connectivity index (χ2n) is 5.51. The van der Waals surface area contributed by atoms with Crippen LogP contribution in [0.3, 0.4) is 0 Å². The van der Waals surface area contributed by atoms with Crippen LogP contribution in [0.15, 0.2) is 24.4 Å². The van der Waals surface area contributed by atoms with Gasteiger partial charge in [0.25, 0.3) is 5.91 Å². The van der Waals surface area contributed by atoms with Crippen molar-refractivity contribution in [2.24, 2.45) is 0 Å². The largest absolute Gasteiger partial charge is 0.448 e. The fourth-order valence-electron chi connectivity index (χ4n) is 1.96. The molecule has 0 fully saturated rings. The Morgan fingerprint density at radius 3 is 2.42 bits per heavy atom. The van der Waals surface area contributed by atoms with Crippen LogP contribution < -0.4 is 5.32 Å². The lowest BCUT2D eigenvalue weighted by Crippen LogP contribution is -2.30. The molecule has 0 radical (unpaired) electrons. The summed E-state index contributed by atoms with van der Waals surface area (Å²) in [6.07, 6.45) is 0.609. The highest BCUT2D eigenvalue weighted by molar-refractivity contribution is 7.15. The van der Waals surface area contributed by atoms with Crippen molar-refractivity contribution in [2.45, 2.75) is 39.8 Å². The van der Waals surface area contributed by atoms with Gasteiger partial charge in [0, 0.05) is 12.1 Å². The number of Topliss-reactive ketones (excluding diaryl/α,β-unsaturated/α-hetero) is 1. The fraction of sp³-hybridized carbons (Fsp3) is 0.375. The Balaban J connectivity index is 1.99. The van der Waals surface area contributed by atoms with Crippen LogP contribution in [-0.4, -0.2) is 33.5 Å². The first-order valence-corrected chi connectivity index (χ1v) is 8.27. The van der Waals surface area contributed by atoms with E-state index in [4.69, 9.17) is 4.74 Å². The topological polar surface area (TPSA) is 90.3 Å². The first-order chi connectivity index (χ1) is 11.3. The Morgan fingerprint density at radius 2 is 1.83 bits per heavy atom. The third kappa shape index (κ3) is 4.08. The van der Waals surface area contributed by atoms with Gasteiger partial charge in [-0.15, -0.1) is 11.3 Å². The monoisotopic (exact) mass is 349 g/mol. The van der Waals surface area contributed by atoms with E-state index in [-0.39, 0.29) is 16.7 Å². The van der Waals surface area contributed by atoms with Gasteiger partial charge in [0.2, 0.25) is 0 Å². The van der Waals surface area contributed by atoms with E-state index in [0.717, 1.165) is 11.3 Å². The summed E-state index contributed by atoms with van der Waals surface area (Å²) in [7, 11) is 0. The summed E-state index contributed by atoms with van der Waals surface area (Å²) in [4.78, 5) is 36.3. The molecule has 1 N–H and O–H groups in total. The van der Waals surface area contributed by atoms with E-state index in [2.05, 4.69) is 10.4 Å². The maximum atomic E-state index is 12.2. The number of thiophene rings is 1.